The molecule has 0 bridgehead atoms. The molecular weight excluding hydrogens is 380 g/mol. The van der Waals surface area contributed by atoms with Crippen molar-refractivity contribution in [3.63, 3.8) is 0 Å². The van der Waals surface area contributed by atoms with E-state index in [2.05, 4.69) is 15.2 Å². The Labute approximate surface area is 176 Å². The SMILES string of the molecule is Nc1cc(OCCN2CCOCC2)ccc1Nc1cccc(Oc2ccccc2)n1. The molecule has 7 nitrogen and oxygen atoms in total. The summed E-state index contributed by atoms with van der Waals surface area (Å²) in [6, 6.07) is 20.7. The maximum absolute atomic E-state index is 6.22. The molecular formula is C23H26N4O3. The van der Waals surface area contributed by atoms with Crippen molar-refractivity contribution in [1.82, 2.24) is 9.88 Å². The maximum Gasteiger partial charge on any atom is 0.221 e. The van der Waals surface area contributed by atoms with Crippen LogP contribution in [-0.2, 0) is 4.74 Å². The number of para-hydroxylation sites is 1. The van der Waals surface area contributed by atoms with Crippen molar-refractivity contribution >= 4 is 17.2 Å². The molecule has 1 aromatic heterocycles. The lowest BCUT2D eigenvalue weighted by Gasteiger charge is -2.26. The Balaban J connectivity index is 1.33. The summed E-state index contributed by atoms with van der Waals surface area (Å²) in [6.45, 7) is 4.98. The molecule has 1 saturated heterocycles. The average Bonchev–Trinajstić information content (AvgIpc) is 2.77. The van der Waals surface area contributed by atoms with Crippen LogP contribution in [0.25, 0.3) is 0 Å². The van der Waals surface area contributed by atoms with Gasteiger partial charge in [0.05, 0.1) is 24.6 Å². The number of hydrogen-bond acceptors (Lipinski definition) is 7. The van der Waals surface area contributed by atoms with E-state index < -0.39 is 0 Å². The van der Waals surface area contributed by atoms with Gasteiger partial charge in [-0.2, -0.15) is 4.98 Å². The van der Waals surface area contributed by atoms with E-state index in [0.717, 1.165) is 50.0 Å². The lowest BCUT2D eigenvalue weighted by molar-refractivity contribution is 0.0322. The standard InChI is InChI=1S/C23H26N4O3/c24-20-17-19(29-16-13-27-11-14-28-15-12-27)9-10-21(20)25-22-7-4-8-23(26-22)30-18-5-2-1-3-6-18/h1-10,17H,11-16,24H2,(H,25,26). The monoisotopic (exact) mass is 406 g/mol. The number of pyridine rings is 1. The first-order chi connectivity index (χ1) is 14.8. The van der Waals surface area contributed by atoms with Crippen LogP contribution >= 0.6 is 0 Å². The molecule has 0 atom stereocenters. The van der Waals surface area contributed by atoms with Crippen LogP contribution in [0.15, 0.2) is 66.7 Å². The molecule has 0 spiro atoms. The lowest BCUT2D eigenvalue weighted by atomic mass is 10.2. The first-order valence-electron chi connectivity index (χ1n) is 10.1. The Morgan fingerprint density at radius 1 is 0.967 bits per heavy atom. The summed E-state index contributed by atoms with van der Waals surface area (Å²) < 4.78 is 17.0. The number of ether oxygens (including phenoxy) is 3. The topological polar surface area (TPSA) is 81.9 Å². The van der Waals surface area contributed by atoms with Gasteiger partial charge in [-0.25, -0.2) is 0 Å². The van der Waals surface area contributed by atoms with Crippen LogP contribution in [0.5, 0.6) is 17.4 Å². The highest BCUT2D eigenvalue weighted by molar-refractivity contribution is 5.72. The van der Waals surface area contributed by atoms with Gasteiger partial charge in [0.25, 0.3) is 0 Å². The predicted octanol–water partition coefficient (Wildman–Crippen LogP) is 3.91. The van der Waals surface area contributed by atoms with Crippen LogP contribution in [0, 0.1) is 0 Å². The smallest absolute Gasteiger partial charge is 0.221 e. The Hall–Kier alpha value is -3.29. The molecule has 30 heavy (non-hydrogen) atoms. The molecule has 1 fully saturated rings. The predicted molar refractivity (Wildman–Crippen MR) is 118 cm³/mol. The van der Waals surface area contributed by atoms with Gasteiger partial charge >= 0.3 is 0 Å². The Morgan fingerprint density at radius 2 is 1.80 bits per heavy atom. The fourth-order valence-corrected chi connectivity index (χ4v) is 3.15. The Morgan fingerprint density at radius 3 is 2.60 bits per heavy atom. The van der Waals surface area contributed by atoms with Crippen molar-refractivity contribution in [3.8, 4) is 17.4 Å². The molecule has 2 aromatic carbocycles. The minimum absolute atomic E-state index is 0.507. The number of rotatable bonds is 8. The van der Waals surface area contributed by atoms with Crippen molar-refractivity contribution < 1.29 is 14.2 Å². The first kappa shape index (κ1) is 20.0. The number of benzene rings is 2. The molecule has 0 aliphatic carbocycles. The highest BCUT2D eigenvalue weighted by Crippen LogP contribution is 2.28. The van der Waals surface area contributed by atoms with E-state index in [1.807, 2.05) is 66.7 Å². The molecule has 156 valence electrons. The minimum Gasteiger partial charge on any atom is -0.492 e. The summed E-state index contributed by atoms with van der Waals surface area (Å²) in [5.41, 5.74) is 7.57. The van der Waals surface area contributed by atoms with Crippen LogP contribution in [0.2, 0.25) is 0 Å². The van der Waals surface area contributed by atoms with E-state index in [1.165, 1.54) is 0 Å². The number of nitrogen functional groups attached to an aromatic ring is 1. The second-order valence-corrected chi connectivity index (χ2v) is 6.95. The van der Waals surface area contributed by atoms with Crippen LogP contribution in [0.4, 0.5) is 17.2 Å². The molecule has 2 heterocycles. The summed E-state index contributed by atoms with van der Waals surface area (Å²) in [5, 5.41) is 3.24. The number of nitrogens with one attached hydrogen (secondary N) is 1. The van der Waals surface area contributed by atoms with Crippen molar-refractivity contribution in [2.45, 2.75) is 0 Å². The van der Waals surface area contributed by atoms with Gasteiger partial charge in [-0.15, -0.1) is 0 Å². The lowest BCUT2D eigenvalue weighted by Crippen LogP contribution is -2.38. The molecule has 7 heteroatoms. The minimum atomic E-state index is 0.507. The molecule has 3 N–H and O–H groups in total. The van der Waals surface area contributed by atoms with Crippen molar-refractivity contribution in [1.29, 1.82) is 0 Å². The molecule has 3 aromatic rings. The normalized spacial score (nSPS) is 14.3. The number of aromatic nitrogens is 1. The number of morpholine rings is 1. The fraction of sp³-hybridized carbons (Fsp3) is 0.261. The summed E-state index contributed by atoms with van der Waals surface area (Å²) in [7, 11) is 0. The summed E-state index contributed by atoms with van der Waals surface area (Å²) in [4.78, 5) is 6.82. The van der Waals surface area contributed by atoms with Gasteiger partial charge in [-0.05, 0) is 30.3 Å². The zero-order valence-electron chi connectivity index (χ0n) is 16.8. The van der Waals surface area contributed by atoms with Crippen molar-refractivity contribution in [3.05, 3.63) is 66.7 Å². The van der Waals surface area contributed by atoms with Crippen LogP contribution < -0.4 is 20.5 Å². The van der Waals surface area contributed by atoms with E-state index in [9.17, 15) is 0 Å². The largest absolute Gasteiger partial charge is 0.492 e. The number of hydrogen-bond donors (Lipinski definition) is 2. The summed E-state index contributed by atoms with van der Waals surface area (Å²) in [5.74, 6) is 2.64. The molecule has 0 amide bonds. The first-order valence-corrected chi connectivity index (χ1v) is 10.1. The van der Waals surface area contributed by atoms with Gasteiger partial charge in [0.2, 0.25) is 5.88 Å². The van der Waals surface area contributed by atoms with Crippen molar-refractivity contribution in [2.75, 3.05) is 50.5 Å². The quantitative estimate of drug-likeness (QED) is 0.549. The van der Waals surface area contributed by atoms with Gasteiger partial charge in [-0.1, -0.05) is 24.3 Å². The third kappa shape index (κ3) is 5.62. The van der Waals surface area contributed by atoms with E-state index in [-0.39, 0.29) is 0 Å². The highest BCUT2D eigenvalue weighted by atomic mass is 16.5. The van der Waals surface area contributed by atoms with Crippen molar-refractivity contribution in [2.24, 2.45) is 0 Å². The van der Waals surface area contributed by atoms with Crippen LogP contribution in [0.1, 0.15) is 0 Å². The Kier molecular flexibility index (Phi) is 6.64. The van der Waals surface area contributed by atoms with Gasteiger partial charge < -0.3 is 25.3 Å². The molecule has 1 aliphatic heterocycles. The number of nitrogens with two attached hydrogens (primary N) is 1. The number of anilines is 3. The van der Waals surface area contributed by atoms with Crippen LogP contribution in [0.3, 0.4) is 0 Å². The zero-order chi connectivity index (χ0) is 20.6. The number of nitrogens with zero attached hydrogens (tertiary/aromatic N) is 2. The van der Waals surface area contributed by atoms with E-state index >= 15 is 0 Å². The van der Waals surface area contributed by atoms with Gasteiger partial charge in [0.1, 0.15) is 23.9 Å². The van der Waals surface area contributed by atoms with E-state index in [0.29, 0.717) is 24.0 Å². The van der Waals surface area contributed by atoms with Gasteiger partial charge in [0.15, 0.2) is 0 Å². The van der Waals surface area contributed by atoms with E-state index in [1.54, 1.807) is 0 Å². The highest BCUT2D eigenvalue weighted by Gasteiger charge is 2.10. The molecule has 1 aliphatic rings. The third-order valence-electron chi connectivity index (χ3n) is 4.75. The van der Waals surface area contributed by atoms with E-state index in [4.69, 9.17) is 19.9 Å². The fourth-order valence-electron chi connectivity index (χ4n) is 3.15. The zero-order valence-corrected chi connectivity index (χ0v) is 16.8. The maximum atomic E-state index is 6.22. The third-order valence-corrected chi connectivity index (χ3v) is 4.75. The second kappa shape index (κ2) is 9.96. The Bertz CT molecular complexity index is 946. The molecule has 4 rings (SSSR count). The van der Waals surface area contributed by atoms with Crippen LogP contribution in [-0.4, -0.2) is 49.3 Å². The molecule has 0 unspecified atom stereocenters. The summed E-state index contributed by atoms with van der Waals surface area (Å²) in [6.07, 6.45) is 0. The summed E-state index contributed by atoms with van der Waals surface area (Å²) >= 11 is 0. The van der Waals surface area contributed by atoms with Gasteiger partial charge in [-0.3, -0.25) is 4.90 Å². The molecule has 0 saturated carbocycles. The second-order valence-electron chi connectivity index (χ2n) is 6.95. The van der Waals surface area contributed by atoms with Gasteiger partial charge in [0, 0.05) is 31.8 Å². The average molecular weight is 406 g/mol. The molecule has 0 radical (unpaired) electrons.